The first-order valence-corrected chi connectivity index (χ1v) is 6.83. The maximum atomic E-state index is 12.1. The fourth-order valence-electron chi connectivity index (χ4n) is 1.57. The summed E-state index contributed by atoms with van der Waals surface area (Å²) in [6.07, 6.45) is 2.66. The Morgan fingerprint density at radius 2 is 2.05 bits per heavy atom. The molecule has 0 saturated heterocycles. The van der Waals surface area contributed by atoms with Gasteiger partial charge >= 0.3 is 0 Å². The van der Waals surface area contributed by atoms with Gasteiger partial charge in [-0.05, 0) is 12.1 Å². The zero-order valence-corrected chi connectivity index (χ0v) is 12.0. The molecule has 0 atom stereocenters. The molecule has 2 heterocycles. The first-order valence-electron chi connectivity index (χ1n) is 5.35. The Balaban J connectivity index is 1.99. The number of amides is 1. The second kappa shape index (κ2) is 5.28. The van der Waals surface area contributed by atoms with Crippen LogP contribution in [0.3, 0.4) is 0 Å². The van der Waals surface area contributed by atoms with E-state index < -0.39 is 5.91 Å². The quantitative estimate of drug-likeness (QED) is 0.783. The molecule has 0 radical (unpaired) electrons. The van der Waals surface area contributed by atoms with Crippen LogP contribution in [-0.4, -0.2) is 24.6 Å². The van der Waals surface area contributed by atoms with Crippen LogP contribution < -0.4 is 5.32 Å². The van der Waals surface area contributed by atoms with Crippen LogP contribution in [0.15, 0.2) is 24.5 Å². The normalized spacial score (nSPS) is 10.7. The lowest BCUT2D eigenvalue weighted by atomic mass is 10.2. The third kappa shape index (κ3) is 2.43. The van der Waals surface area contributed by atoms with Gasteiger partial charge in [-0.3, -0.25) is 9.78 Å². The fourth-order valence-corrected chi connectivity index (χ4v) is 2.46. The second-order valence-corrected chi connectivity index (χ2v) is 5.06. The van der Waals surface area contributed by atoms with Crippen molar-refractivity contribution < 1.29 is 4.79 Å². The van der Waals surface area contributed by atoms with Gasteiger partial charge in [0.25, 0.3) is 5.91 Å². The van der Waals surface area contributed by atoms with Crippen LogP contribution in [0, 0.1) is 0 Å². The van der Waals surface area contributed by atoms with Gasteiger partial charge in [-0.25, -0.2) is 4.98 Å². The minimum Gasteiger partial charge on any atom is -0.317 e. The van der Waals surface area contributed by atoms with E-state index in [1.165, 1.54) is 12.4 Å². The topological polar surface area (TPSA) is 80.7 Å². The van der Waals surface area contributed by atoms with Crippen LogP contribution in [-0.2, 0) is 0 Å². The standard InChI is InChI=1S/C11H5Cl2N5OS/c12-5-1-2-6-10(18-20-17-6)9(5)16-11(19)7-3-14-4-8(13)15-7/h1-4H,(H,16,19). The Bertz CT molecular complexity index is 806. The average molecular weight is 326 g/mol. The molecule has 0 aliphatic rings. The summed E-state index contributed by atoms with van der Waals surface area (Å²) in [5.41, 5.74) is 1.68. The number of anilines is 1. The second-order valence-electron chi connectivity index (χ2n) is 3.74. The third-order valence-corrected chi connectivity index (χ3v) is 3.49. The predicted octanol–water partition coefficient (Wildman–Crippen LogP) is 3.04. The van der Waals surface area contributed by atoms with Crippen molar-refractivity contribution in [3.8, 4) is 0 Å². The Hall–Kier alpha value is -1.83. The number of nitrogens with zero attached hydrogens (tertiary/aromatic N) is 4. The summed E-state index contributed by atoms with van der Waals surface area (Å²) < 4.78 is 8.20. The number of rotatable bonds is 2. The summed E-state index contributed by atoms with van der Waals surface area (Å²) in [5.74, 6) is -0.470. The molecule has 0 fully saturated rings. The van der Waals surface area contributed by atoms with Crippen molar-refractivity contribution in [3.63, 3.8) is 0 Å². The van der Waals surface area contributed by atoms with E-state index in [4.69, 9.17) is 23.2 Å². The van der Waals surface area contributed by atoms with Crippen molar-refractivity contribution in [1.29, 1.82) is 0 Å². The molecular weight excluding hydrogens is 321 g/mol. The highest BCUT2D eigenvalue weighted by molar-refractivity contribution is 7.00. The smallest absolute Gasteiger partial charge is 0.276 e. The summed E-state index contributed by atoms with van der Waals surface area (Å²) >= 11 is 12.8. The van der Waals surface area contributed by atoms with Crippen molar-refractivity contribution in [2.75, 3.05) is 5.32 Å². The van der Waals surface area contributed by atoms with E-state index in [-0.39, 0.29) is 10.8 Å². The first kappa shape index (κ1) is 13.2. The molecule has 6 nitrogen and oxygen atoms in total. The van der Waals surface area contributed by atoms with Gasteiger partial charge < -0.3 is 5.32 Å². The molecule has 100 valence electrons. The number of fused-ring (bicyclic) bond motifs is 1. The first-order chi connectivity index (χ1) is 9.65. The maximum Gasteiger partial charge on any atom is 0.276 e. The lowest BCUT2D eigenvalue weighted by Crippen LogP contribution is -2.14. The van der Waals surface area contributed by atoms with E-state index in [0.29, 0.717) is 21.7 Å². The zero-order chi connectivity index (χ0) is 14.1. The molecule has 1 aromatic carbocycles. The number of hydrogen-bond acceptors (Lipinski definition) is 6. The van der Waals surface area contributed by atoms with Gasteiger partial charge in [-0.15, -0.1) is 0 Å². The highest BCUT2D eigenvalue weighted by atomic mass is 35.5. The molecule has 3 rings (SSSR count). The number of benzene rings is 1. The van der Waals surface area contributed by atoms with E-state index in [9.17, 15) is 4.79 Å². The van der Waals surface area contributed by atoms with E-state index in [1.807, 2.05) is 0 Å². The van der Waals surface area contributed by atoms with Crippen molar-refractivity contribution >= 4 is 57.6 Å². The van der Waals surface area contributed by atoms with Crippen molar-refractivity contribution in [3.05, 3.63) is 40.4 Å². The van der Waals surface area contributed by atoms with Crippen LogP contribution in [0.5, 0.6) is 0 Å². The van der Waals surface area contributed by atoms with Crippen LogP contribution in [0.2, 0.25) is 10.2 Å². The fraction of sp³-hybridized carbons (Fsp3) is 0. The minimum atomic E-state index is -0.470. The number of halogens is 2. The SMILES string of the molecule is O=C(Nc1c(Cl)ccc2nsnc12)c1cncc(Cl)n1. The molecule has 0 spiro atoms. The van der Waals surface area contributed by atoms with Crippen molar-refractivity contribution in [2.45, 2.75) is 0 Å². The number of carbonyl (C=O) groups is 1. The summed E-state index contributed by atoms with van der Waals surface area (Å²) in [6.45, 7) is 0. The molecule has 20 heavy (non-hydrogen) atoms. The Labute approximate surface area is 127 Å². The maximum absolute atomic E-state index is 12.1. The highest BCUT2D eigenvalue weighted by Crippen LogP contribution is 2.30. The van der Waals surface area contributed by atoms with Gasteiger partial charge in [0.15, 0.2) is 0 Å². The summed E-state index contributed by atoms with van der Waals surface area (Å²) in [5, 5.41) is 3.16. The molecule has 2 aromatic heterocycles. The van der Waals surface area contributed by atoms with Crippen LogP contribution in [0.25, 0.3) is 11.0 Å². The molecule has 0 unspecified atom stereocenters. The number of hydrogen-bond donors (Lipinski definition) is 1. The molecular formula is C11H5Cl2N5OS. The van der Waals surface area contributed by atoms with Gasteiger partial charge in [0.05, 0.1) is 34.8 Å². The molecule has 1 N–H and O–H groups in total. The summed E-state index contributed by atoms with van der Waals surface area (Å²) in [4.78, 5) is 19.8. The van der Waals surface area contributed by atoms with Gasteiger partial charge in [0.2, 0.25) is 0 Å². The average Bonchev–Trinajstić information content (AvgIpc) is 2.90. The van der Waals surface area contributed by atoms with Crippen LogP contribution >= 0.6 is 34.9 Å². The van der Waals surface area contributed by atoms with Crippen LogP contribution in [0.4, 0.5) is 5.69 Å². The Kier molecular flexibility index (Phi) is 3.47. The lowest BCUT2D eigenvalue weighted by molar-refractivity contribution is 0.102. The minimum absolute atomic E-state index is 0.0914. The van der Waals surface area contributed by atoms with Gasteiger partial charge in [0, 0.05) is 0 Å². The predicted molar refractivity (Wildman–Crippen MR) is 77.4 cm³/mol. The molecule has 9 heteroatoms. The van der Waals surface area contributed by atoms with E-state index >= 15 is 0 Å². The van der Waals surface area contributed by atoms with Crippen LogP contribution in [0.1, 0.15) is 10.5 Å². The highest BCUT2D eigenvalue weighted by Gasteiger charge is 2.15. The van der Waals surface area contributed by atoms with E-state index in [2.05, 4.69) is 24.0 Å². The van der Waals surface area contributed by atoms with Gasteiger partial charge in [-0.2, -0.15) is 8.75 Å². The molecule has 3 aromatic rings. The van der Waals surface area contributed by atoms with Crippen molar-refractivity contribution in [2.24, 2.45) is 0 Å². The largest absolute Gasteiger partial charge is 0.317 e. The number of aromatic nitrogens is 4. The van der Waals surface area contributed by atoms with Gasteiger partial charge in [-0.1, -0.05) is 23.2 Å². The molecule has 0 aliphatic carbocycles. The summed E-state index contributed by atoms with van der Waals surface area (Å²) in [7, 11) is 0. The molecule has 0 saturated carbocycles. The molecule has 0 bridgehead atoms. The summed E-state index contributed by atoms with van der Waals surface area (Å²) in [6, 6.07) is 3.38. The molecule has 0 aliphatic heterocycles. The van der Waals surface area contributed by atoms with E-state index in [1.54, 1.807) is 12.1 Å². The van der Waals surface area contributed by atoms with E-state index in [0.717, 1.165) is 11.7 Å². The molecule has 1 amide bonds. The lowest BCUT2D eigenvalue weighted by Gasteiger charge is -2.07. The Morgan fingerprint density at radius 1 is 1.20 bits per heavy atom. The van der Waals surface area contributed by atoms with Gasteiger partial charge in [0.1, 0.15) is 21.9 Å². The Morgan fingerprint density at radius 3 is 2.85 bits per heavy atom. The monoisotopic (exact) mass is 325 g/mol. The number of carbonyl (C=O) groups excluding carboxylic acids is 1. The third-order valence-electron chi connectivity index (χ3n) is 2.45. The zero-order valence-electron chi connectivity index (χ0n) is 9.67. The number of nitrogens with one attached hydrogen (secondary N) is 1. The van der Waals surface area contributed by atoms with Crippen molar-refractivity contribution in [1.82, 2.24) is 18.7 Å².